The third-order valence-electron chi connectivity index (χ3n) is 2.61. The number of nitro groups is 1. The molecule has 10 heteroatoms. The maximum atomic E-state index is 10.6. The highest BCUT2D eigenvalue weighted by atomic mass is 35.5. The Morgan fingerprint density at radius 3 is 2.67 bits per heavy atom. The lowest BCUT2D eigenvalue weighted by molar-refractivity contribution is -0.384. The lowest BCUT2D eigenvalue weighted by Gasteiger charge is -1.96. The summed E-state index contributed by atoms with van der Waals surface area (Å²) in [6, 6.07) is 6.06. The van der Waals surface area contributed by atoms with E-state index in [0.29, 0.717) is 22.4 Å². The van der Waals surface area contributed by atoms with Crippen LogP contribution in [0.2, 0.25) is 4.47 Å². The monoisotopic (exact) mass is 322 g/mol. The van der Waals surface area contributed by atoms with Crippen LogP contribution in [0.4, 0.5) is 5.69 Å². The number of benzene rings is 1. The normalized spacial score (nSPS) is 10.7. The molecule has 0 aliphatic carbocycles. The van der Waals surface area contributed by atoms with E-state index in [0.717, 1.165) is 5.01 Å². The second kappa shape index (κ2) is 5.54. The zero-order valence-corrected chi connectivity index (χ0v) is 12.0. The van der Waals surface area contributed by atoms with Crippen LogP contribution in [0.15, 0.2) is 30.6 Å². The molecule has 0 fully saturated rings. The summed E-state index contributed by atoms with van der Waals surface area (Å²) < 4.78 is 1.98. The Morgan fingerprint density at radius 2 is 2.05 bits per heavy atom. The van der Waals surface area contributed by atoms with Gasteiger partial charge in [0.1, 0.15) is 11.3 Å². The van der Waals surface area contributed by atoms with Crippen molar-refractivity contribution in [3.05, 3.63) is 50.2 Å². The molecule has 21 heavy (non-hydrogen) atoms. The van der Waals surface area contributed by atoms with Crippen LogP contribution in [-0.2, 0) is 6.54 Å². The van der Waals surface area contributed by atoms with Crippen molar-refractivity contribution in [2.75, 3.05) is 0 Å². The van der Waals surface area contributed by atoms with E-state index in [2.05, 4.69) is 20.3 Å². The SMILES string of the molecule is O=[N+]([O-])c1ccc(-c2ncn(Cc3nnc(Cl)s3)n2)cc1. The first-order valence-electron chi connectivity index (χ1n) is 5.74. The van der Waals surface area contributed by atoms with Gasteiger partial charge in [-0.2, -0.15) is 5.10 Å². The van der Waals surface area contributed by atoms with Gasteiger partial charge in [0.05, 0.1) is 11.5 Å². The van der Waals surface area contributed by atoms with Gasteiger partial charge in [-0.25, -0.2) is 9.67 Å². The van der Waals surface area contributed by atoms with E-state index in [1.54, 1.807) is 23.1 Å². The van der Waals surface area contributed by atoms with Crippen molar-refractivity contribution in [3.63, 3.8) is 0 Å². The van der Waals surface area contributed by atoms with Gasteiger partial charge in [0, 0.05) is 17.7 Å². The molecule has 2 heterocycles. The van der Waals surface area contributed by atoms with Crippen LogP contribution in [-0.4, -0.2) is 29.9 Å². The summed E-state index contributed by atoms with van der Waals surface area (Å²) in [5.74, 6) is 0.487. The Hall–Kier alpha value is -2.39. The molecule has 0 amide bonds. The fourth-order valence-electron chi connectivity index (χ4n) is 1.67. The number of halogens is 1. The number of aromatic nitrogens is 5. The highest BCUT2D eigenvalue weighted by Crippen LogP contribution is 2.20. The summed E-state index contributed by atoms with van der Waals surface area (Å²) >= 11 is 6.99. The minimum absolute atomic E-state index is 0.0293. The van der Waals surface area contributed by atoms with Gasteiger partial charge < -0.3 is 0 Å². The van der Waals surface area contributed by atoms with Crippen LogP contribution in [0.1, 0.15) is 5.01 Å². The van der Waals surface area contributed by atoms with E-state index in [-0.39, 0.29) is 5.69 Å². The van der Waals surface area contributed by atoms with Crippen molar-refractivity contribution in [2.24, 2.45) is 0 Å². The first-order chi connectivity index (χ1) is 10.1. The molecule has 0 atom stereocenters. The highest BCUT2D eigenvalue weighted by molar-refractivity contribution is 7.15. The average molecular weight is 323 g/mol. The maximum absolute atomic E-state index is 10.6. The Kier molecular flexibility index (Phi) is 3.59. The first kappa shape index (κ1) is 13.6. The van der Waals surface area contributed by atoms with E-state index < -0.39 is 4.92 Å². The van der Waals surface area contributed by atoms with E-state index in [9.17, 15) is 10.1 Å². The maximum Gasteiger partial charge on any atom is 0.269 e. The van der Waals surface area contributed by atoms with E-state index in [1.165, 1.54) is 23.5 Å². The van der Waals surface area contributed by atoms with Gasteiger partial charge in [0.25, 0.3) is 5.69 Å². The Labute approximate surface area is 127 Å². The summed E-state index contributed by atoms with van der Waals surface area (Å²) in [5.41, 5.74) is 0.733. The number of nitro benzene ring substituents is 1. The smallest absolute Gasteiger partial charge is 0.258 e. The summed E-state index contributed by atoms with van der Waals surface area (Å²) in [6.45, 7) is 0.421. The molecule has 0 N–H and O–H groups in total. The zero-order chi connectivity index (χ0) is 14.8. The van der Waals surface area contributed by atoms with Crippen molar-refractivity contribution in [1.82, 2.24) is 25.0 Å². The fraction of sp³-hybridized carbons (Fsp3) is 0.0909. The number of rotatable bonds is 4. The van der Waals surface area contributed by atoms with Gasteiger partial charge in [-0.1, -0.05) is 11.3 Å². The molecule has 3 rings (SSSR count). The minimum Gasteiger partial charge on any atom is -0.258 e. The minimum atomic E-state index is -0.449. The Morgan fingerprint density at radius 1 is 1.29 bits per heavy atom. The van der Waals surface area contributed by atoms with Gasteiger partial charge in [0.15, 0.2) is 5.82 Å². The molecular weight excluding hydrogens is 316 g/mol. The quantitative estimate of drug-likeness (QED) is 0.540. The van der Waals surface area contributed by atoms with Crippen molar-refractivity contribution in [3.8, 4) is 11.4 Å². The molecule has 1 aromatic carbocycles. The molecule has 0 aliphatic rings. The molecule has 0 spiro atoms. The fourth-order valence-corrected chi connectivity index (χ4v) is 2.53. The molecule has 8 nitrogen and oxygen atoms in total. The lowest BCUT2D eigenvalue weighted by Crippen LogP contribution is -2.00. The van der Waals surface area contributed by atoms with E-state index in [4.69, 9.17) is 11.6 Å². The molecule has 106 valence electrons. The topological polar surface area (TPSA) is 99.6 Å². The molecule has 3 aromatic rings. The predicted molar refractivity (Wildman–Crippen MR) is 76.1 cm³/mol. The van der Waals surface area contributed by atoms with Crippen LogP contribution < -0.4 is 0 Å². The first-order valence-corrected chi connectivity index (χ1v) is 6.93. The van der Waals surface area contributed by atoms with Crippen molar-refractivity contribution < 1.29 is 4.92 Å². The summed E-state index contributed by atoms with van der Waals surface area (Å²) in [6.07, 6.45) is 1.56. The predicted octanol–water partition coefficient (Wildman–Crippen LogP) is 2.41. The van der Waals surface area contributed by atoms with Crippen molar-refractivity contribution in [2.45, 2.75) is 6.54 Å². The van der Waals surface area contributed by atoms with E-state index in [1.807, 2.05) is 0 Å². The third kappa shape index (κ3) is 3.03. The van der Waals surface area contributed by atoms with Crippen LogP contribution >= 0.6 is 22.9 Å². The van der Waals surface area contributed by atoms with Crippen LogP contribution in [0.25, 0.3) is 11.4 Å². The molecule has 0 saturated carbocycles. The molecule has 0 saturated heterocycles. The van der Waals surface area contributed by atoms with Gasteiger partial charge in [-0.15, -0.1) is 10.2 Å². The number of non-ortho nitro benzene ring substituents is 1. The van der Waals surface area contributed by atoms with E-state index >= 15 is 0 Å². The molecule has 0 bridgehead atoms. The van der Waals surface area contributed by atoms with Crippen LogP contribution in [0.3, 0.4) is 0 Å². The average Bonchev–Trinajstić information content (AvgIpc) is 3.09. The molecule has 0 aliphatic heterocycles. The van der Waals surface area contributed by atoms with Crippen LogP contribution in [0, 0.1) is 10.1 Å². The number of hydrogen-bond acceptors (Lipinski definition) is 7. The highest BCUT2D eigenvalue weighted by Gasteiger charge is 2.09. The zero-order valence-electron chi connectivity index (χ0n) is 10.4. The largest absolute Gasteiger partial charge is 0.269 e. The molecular formula is C11H7ClN6O2S. The second-order valence-corrected chi connectivity index (χ2v) is 5.66. The standard InChI is InChI=1S/C11H7ClN6O2S/c12-11-15-14-9(21-11)5-17-6-13-10(16-17)7-1-3-8(4-2-7)18(19)20/h1-4,6H,5H2. The van der Waals surface area contributed by atoms with Gasteiger partial charge in [-0.05, 0) is 23.7 Å². The summed E-state index contributed by atoms with van der Waals surface area (Å²) in [4.78, 5) is 14.3. The second-order valence-electron chi connectivity index (χ2n) is 4.02. The van der Waals surface area contributed by atoms with Gasteiger partial charge in [0.2, 0.25) is 4.47 Å². The molecule has 0 unspecified atom stereocenters. The van der Waals surface area contributed by atoms with Crippen LogP contribution in [0.5, 0.6) is 0 Å². The Bertz CT molecular complexity index is 784. The third-order valence-corrected chi connectivity index (χ3v) is 3.62. The van der Waals surface area contributed by atoms with Crippen molar-refractivity contribution >= 4 is 28.6 Å². The van der Waals surface area contributed by atoms with Gasteiger partial charge in [-0.3, -0.25) is 10.1 Å². The number of nitrogens with zero attached hydrogens (tertiary/aromatic N) is 6. The molecule has 2 aromatic heterocycles. The lowest BCUT2D eigenvalue weighted by atomic mass is 10.2. The number of hydrogen-bond donors (Lipinski definition) is 0. The summed E-state index contributed by atoms with van der Waals surface area (Å²) in [5, 5.41) is 23.2. The van der Waals surface area contributed by atoms with Gasteiger partial charge >= 0.3 is 0 Å². The summed E-state index contributed by atoms with van der Waals surface area (Å²) in [7, 11) is 0. The van der Waals surface area contributed by atoms with Crippen molar-refractivity contribution in [1.29, 1.82) is 0 Å². The Balaban J connectivity index is 1.79. The molecule has 0 radical (unpaired) electrons.